The van der Waals surface area contributed by atoms with Crippen LogP contribution in [0, 0.1) is 17.3 Å². The molecule has 3 atom stereocenters. The van der Waals surface area contributed by atoms with Crippen molar-refractivity contribution in [3.05, 3.63) is 34.9 Å². The average molecular weight is 252 g/mol. The fraction of sp³-hybridized carbons (Fsp3) is 0.600. The predicted octanol–water partition coefficient (Wildman–Crippen LogP) is 3.88. The molecule has 1 aliphatic carbocycles. The van der Waals surface area contributed by atoms with Crippen LogP contribution in [0.25, 0.3) is 0 Å². The maximum Gasteiger partial charge on any atom is 0.0187 e. The molecule has 2 rings (SSSR count). The lowest BCUT2D eigenvalue weighted by Gasteiger charge is -2.42. The molecule has 1 aliphatic heterocycles. The Kier molecular flexibility index (Phi) is 3.51. The van der Waals surface area contributed by atoms with Crippen LogP contribution in [0.2, 0.25) is 0 Å². The van der Waals surface area contributed by atoms with E-state index in [4.69, 9.17) is 11.6 Å². The molecule has 94 valence electrons. The fourth-order valence-corrected chi connectivity index (χ4v) is 4.01. The van der Waals surface area contributed by atoms with Crippen molar-refractivity contribution in [1.29, 1.82) is 0 Å². The normalized spacial score (nSPS) is 42.5. The minimum Gasteiger partial charge on any atom is -0.316 e. The van der Waals surface area contributed by atoms with Crippen LogP contribution < -0.4 is 5.32 Å². The number of nitrogens with one attached hydrogen (secondary N) is 1. The summed E-state index contributed by atoms with van der Waals surface area (Å²) in [5.41, 5.74) is 3.13. The standard InChI is InChI=1S/C15H22ClN/c1-5-6-12-13-8-17-9-15(13,4)7-10(2)14(12)11(3)16/h5-6,10,13,17H,1,7-9H2,2-4H3/b12-6-,14-11+/t10-,13-,15-/m0/s1. The highest BCUT2D eigenvalue weighted by molar-refractivity contribution is 6.29. The lowest BCUT2D eigenvalue weighted by Crippen LogP contribution is -2.36. The van der Waals surface area contributed by atoms with E-state index in [1.165, 1.54) is 17.6 Å². The van der Waals surface area contributed by atoms with Gasteiger partial charge in [-0.1, -0.05) is 44.2 Å². The zero-order valence-electron chi connectivity index (χ0n) is 11.0. The van der Waals surface area contributed by atoms with Gasteiger partial charge in [0.25, 0.3) is 0 Å². The van der Waals surface area contributed by atoms with Gasteiger partial charge in [0.15, 0.2) is 0 Å². The highest BCUT2D eigenvalue weighted by Crippen LogP contribution is 2.51. The first-order chi connectivity index (χ1) is 7.99. The first kappa shape index (κ1) is 12.9. The summed E-state index contributed by atoms with van der Waals surface area (Å²) in [5, 5.41) is 4.48. The first-order valence-electron chi connectivity index (χ1n) is 6.39. The number of hydrogen-bond donors (Lipinski definition) is 1. The molecule has 0 aromatic heterocycles. The lowest BCUT2D eigenvalue weighted by atomic mass is 9.62. The van der Waals surface area contributed by atoms with Crippen LogP contribution in [0.3, 0.4) is 0 Å². The smallest absolute Gasteiger partial charge is 0.0187 e. The van der Waals surface area contributed by atoms with Gasteiger partial charge in [0.05, 0.1) is 0 Å². The van der Waals surface area contributed by atoms with E-state index >= 15 is 0 Å². The molecule has 0 bridgehead atoms. The van der Waals surface area contributed by atoms with Crippen LogP contribution in [-0.2, 0) is 0 Å². The van der Waals surface area contributed by atoms with E-state index in [1.54, 1.807) is 0 Å². The summed E-state index contributed by atoms with van der Waals surface area (Å²) in [7, 11) is 0. The van der Waals surface area contributed by atoms with Gasteiger partial charge in [-0.05, 0) is 35.8 Å². The van der Waals surface area contributed by atoms with Gasteiger partial charge in [0.2, 0.25) is 0 Å². The number of halogens is 1. The Morgan fingerprint density at radius 3 is 2.88 bits per heavy atom. The molecule has 1 N–H and O–H groups in total. The van der Waals surface area contributed by atoms with E-state index in [1.807, 2.05) is 13.0 Å². The van der Waals surface area contributed by atoms with Gasteiger partial charge < -0.3 is 5.32 Å². The second-order valence-electron chi connectivity index (χ2n) is 5.75. The highest BCUT2D eigenvalue weighted by Gasteiger charge is 2.46. The molecule has 1 nitrogen and oxygen atoms in total. The molecular weight excluding hydrogens is 230 g/mol. The molecule has 0 radical (unpaired) electrons. The quantitative estimate of drug-likeness (QED) is 0.746. The molecule has 1 heterocycles. The van der Waals surface area contributed by atoms with Gasteiger partial charge in [-0.15, -0.1) is 0 Å². The van der Waals surface area contributed by atoms with Crippen molar-refractivity contribution in [2.75, 3.05) is 13.1 Å². The van der Waals surface area contributed by atoms with E-state index in [-0.39, 0.29) is 0 Å². The summed E-state index contributed by atoms with van der Waals surface area (Å²) in [6.45, 7) is 12.7. The summed E-state index contributed by atoms with van der Waals surface area (Å²) >= 11 is 6.30. The molecule has 1 saturated carbocycles. The van der Waals surface area contributed by atoms with Crippen LogP contribution in [-0.4, -0.2) is 13.1 Å². The topological polar surface area (TPSA) is 12.0 Å². The van der Waals surface area contributed by atoms with Gasteiger partial charge in [0, 0.05) is 24.0 Å². The SMILES string of the molecule is C=C/C=C1\C(=C(/C)Cl)[C@@H](C)C[C@@]2(C)CNC[C@@H]12. The third-order valence-corrected chi connectivity index (χ3v) is 4.54. The molecule has 0 aromatic rings. The second kappa shape index (κ2) is 4.62. The molecule has 17 heavy (non-hydrogen) atoms. The number of allylic oxidation sites excluding steroid dienone is 4. The lowest BCUT2D eigenvalue weighted by molar-refractivity contribution is 0.212. The molecule has 0 spiro atoms. The van der Waals surface area contributed by atoms with Gasteiger partial charge >= 0.3 is 0 Å². The van der Waals surface area contributed by atoms with Crippen molar-refractivity contribution in [3.63, 3.8) is 0 Å². The van der Waals surface area contributed by atoms with Crippen LogP contribution in [0.1, 0.15) is 27.2 Å². The average Bonchev–Trinajstić information content (AvgIpc) is 2.58. The predicted molar refractivity (Wildman–Crippen MR) is 75.1 cm³/mol. The Hall–Kier alpha value is -0.530. The minimum absolute atomic E-state index is 0.379. The van der Waals surface area contributed by atoms with E-state index in [9.17, 15) is 0 Å². The van der Waals surface area contributed by atoms with Gasteiger partial charge in [0.1, 0.15) is 0 Å². The Labute approximate surface area is 110 Å². The van der Waals surface area contributed by atoms with Crippen LogP contribution >= 0.6 is 11.6 Å². The first-order valence-corrected chi connectivity index (χ1v) is 6.77. The molecule has 0 aromatic carbocycles. The van der Waals surface area contributed by atoms with Crippen molar-refractivity contribution in [2.24, 2.45) is 17.3 Å². The zero-order chi connectivity index (χ0) is 12.6. The number of rotatable bonds is 1. The fourth-order valence-electron chi connectivity index (χ4n) is 3.72. The molecule has 2 fully saturated rings. The van der Waals surface area contributed by atoms with E-state index in [2.05, 4.69) is 31.8 Å². The van der Waals surface area contributed by atoms with E-state index in [0.29, 0.717) is 17.3 Å². The van der Waals surface area contributed by atoms with Gasteiger partial charge in [-0.2, -0.15) is 0 Å². The number of fused-ring (bicyclic) bond motifs is 1. The van der Waals surface area contributed by atoms with Crippen molar-refractivity contribution < 1.29 is 0 Å². The molecule has 2 aliphatic rings. The summed E-state index contributed by atoms with van der Waals surface area (Å²) in [4.78, 5) is 0. The Bertz CT molecular complexity index is 390. The Morgan fingerprint density at radius 1 is 1.59 bits per heavy atom. The van der Waals surface area contributed by atoms with Crippen LogP contribution in [0.4, 0.5) is 0 Å². The zero-order valence-corrected chi connectivity index (χ0v) is 11.8. The molecule has 0 amide bonds. The maximum absolute atomic E-state index is 6.30. The molecule has 2 heteroatoms. The monoisotopic (exact) mass is 251 g/mol. The summed E-state index contributed by atoms with van der Waals surface area (Å²) < 4.78 is 0. The Balaban J connectivity index is 2.50. The van der Waals surface area contributed by atoms with E-state index in [0.717, 1.165) is 18.1 Å². The molecular formula is C15H22ClN. The van der Waals surface area contributed by atoms with Crippen molar-refractivity contribution in [1.82, 2.24) is 5.32 Å². The van der Waals surface area contributed by atoms with Crippen molar-refractivity contribution >= 4 is 11.6 Å². The summed E-state index contributed by atoms with van der Waals surface area (Å²) in [5.74, 6) is 1.13. The Morgan fingerprint density at radius 2 is 2.29 bits per heavy atom. The minimum atomic E-state index is 0.379. The molecule has 0 unspecified atom stereocenters. The maximum atomic E-state index is 6.30. The van der Waals surface area contributed by atoms with Gasteiger partial charge in [-0.3, -0.25) is 0 Å². The van der Waals surface area contributed by atoms with Crippen molar-refractivity contribution in [3.8, 4) is 0 Å². The number of hydrogen-bond acceptors (Lipinski definition) is 1. The van der Waals surface area contributed by atoms with Crippen molar-refractivity contribution in [2.45, 2.75) is 27.2 Å². The van der Waals surface area contributed by atoms with Gasteiger partial charge in [-0.25, -0.2) is 0 Å². The third-order valence-electron chi connectivity index (χ3n) is 4.34. The largest absolute Gasteiger partial charge is 0.316 e. The van der Waals surface area contributed by atoms with E-state index < -0.39 is 0 Å². The third kappa shape index (κ3) is 2.11. The highest BCUT2D eigenvalue weighted by atomic mass is 35.5. The second-order valence-corrected chi connectivity index (χ2v) is 6.31. The van der Waals surface area contributed by atoms with Crippen LogP contribution in [0.15, 0.2) is 34.9 Å². The summed E-state index contributed by atoms with van der Waals surface area (Å²) in [6.07, 6.45) is 5.28. The summed E-state index contributed by atoms with van der Waals surface area (Å²) in [6, 6.07) is 0. The molecule has 1 saturated heterocycles. The van der Waals surface area contributed by atoms with Crippen LogP contribution in [0.5, 0.6) is 0 Å².